The molecule has 0 aromatic rings. The molecule has 0 unspecified atom stereocenters. The lowest BCUT2D eigenvalue weighted by Gasteiger charge is -2.47. The number of hydrogen-bond donors (Lipinski definition) is 1. The molecule has 0 aromatic carbocycles. The normalized spacial score (nSPS) is 30.8. The predicted octanol–water partition coefficient (Wildman–Crippen LogP) is 1.54. The first-order valence-corrected chi connectivity index (χ1v) is 4.30. The van der Waals surface area contributed by atoms with E-state index in [2.05, 4.69) is 13.8 Å². The van der Waals surface area contributed by atoms with Gasteiger partial charge in [-0.2, -0.15) is 0 Å². The lowest BCUT2D eigenvalue weighted by Crippen LogP contribution is -2.40. The van der Waals surface area contributed by atoms with E-state index in [0.29, 0.717) is 5.92 Å². The predicted molar refractivity (Wildman–Crippen MR) is 47.7 cm³/mol. The molecule has 12 heavy (non-hydrogen) atoms. The number of rotatable bonds is 2. The van der Waals surface area contributed by atoms with E-state index >= 15 is 0 Å². The zero-order valence-electron chi connectivity index (χ0n) is 7.92. The summed E-state index contributed by atoms with van der Waals surface area (Å²) in [5.41, 5.74) is 2.07. The van der Waals surface area contributed by atoms with Crippen LogP contribution in [0.2, 0.25) is 0 Å². The van der Waals surface area contributed by atoms with Crippen molar-refractivity contribution >= 4 is 6.29 Å². The van der Waals surface area contributed by atoms with E-state index in [1.807, 2.05) is 6.92 Å². The smallest absolute Gasteiger partial charge is 0.145 e. The summed E-state index contributed by atoms with van der Waals surface area (Å²) in [6.45, 7) is 6.24. The molecular weight excluding hydrogens is 152 g/mol. The van der Waals surface area contributed by atoms with Crippen molar-refractivity contribution in [2.45, 2.75) is 27.2 Å². The number of hydrogen-bond acceptors (Lipinski definition) is 2. The molecule has 0 spiro atoms. The standard InChI is InChI=1S/C10H16O2/c1-7(5-11)9-4-8(6-12)10(9,2)3/h5,8,12H,4,6H2,1-3H3/b9-7+/t8-/m1/s1. The van der Waals surface area contributed by atoms with Crippen LogP contribution in [0.5, 0.6) is 0 Å². The summed E-state index contributed by atoms with van der Waals surface area (Å²) in [4.78, 5) is 10.5. The number of aliphatic hydroxyl groups excluding tert-OH is 1. The largest absolute Gasteiger partial charge is 0.396 e. The topological polar surface area (TPSA) is 37.3 Å². The minimum absolute atomic E-state index is 0.0275. The molecule has 1 atom stereocenters. The molecule has 1 N–H and O–H groups in total. The van der Waals surface area contributed by atoms with Crippen LogP contribution in [0.1, 0.15) is 27.2 Å². The molecule has 1 fully saturated rings. The molecule has 2 heteroatoms. The highest BCUT2D eigenvalue weighted by atomic mass is 16.3. The molecule has 1 aliphatic rings. The summed E-state index contributed by atoms with van der Waals surface area (Å²) in [5.74, 6) is 0.336. The molecule has 0 aromatic heterocycles. The van der Waals surface area contributed by atoms with Crippen molar-refractivity contribution in [3.8, 4) is 0 Å². The molecule has 68 valence electrons. The summed E-state index contributed by atoms with van der Waals surface area (Å²) in [5, 5.41) is 8.98. The first-order valence-electron chi connectivity index (χ1n) is 4.30. The van der Waals surface area contributed by atoms with Crippen LogP contribution in [0.15, 0.2) is 11.1 Å². The Morgan fingerprint density at radius 2 is 2.33 bits per heavy atom. The van der Waals surface area contributed by atoms with Crippen LogP contribution in [0, 0.1) is 11.3 Å². The van der Waals surface area contributed by atoms with Crippen LogP contribution < -0.4 is 0 Å². The van der Waals surface area contributed by atoms with E-state index < -0.39 is 0 Å². The molecule has 0 saturated heterocycles. The van der Waals surface area contributed by atoms with E-state index in [4.69, 9.17) is 5.11 Å². The molecule has 0 heterocycles. The Hall–Kier alpha value is -0.630. The molecule has 0 aliphatic heterocycles. The molecule has 1 aliphatic carbocycles. The zero-order valence-corrected chi connectivity index (χ0v) is 7.92. The second-order valence-corrected chi connectivity index (χ2v) is 4.08. The molecular formula is C10H16O2. The van der Waals surface area contributed by atoms with Gasteiger partial charge < -0.3 is 5.11 Å². The van der Waals surface area contributed by atoms with Crippen LogP contribution in [-0.2, 0) is 4.79 Å². The molecule has 0 bridgehead atoms. The van der Waals surface area contributed by atoms with E-state index in [1.165, 1.54) is 5.57 Å². The van der Waals surface area contributed by atoms with Crippen molar-refractivity contribution in [1.82, 2.24) is 0 Å². The van der Waals surface area contributed by atoms with Gasteiger partial charge in [-0.1, -0.05) is 19.4 Å². The van der Waals surface area contributed by atoms with Crippen LogP contribution >= 0.6 is 0 Å². The highest BCUT2D eigenvalue weighted by Gasteiger charge is 2.43. The quantitative estimate of drug-likeness (QED) is 0.501. The maximum atomic E-state index is 10.5. The van der Waals surface area contributed by atoms with E-state index in [0.717, 1.165) is 18.3 Å². The van der Waals surface area contributed by atoms with Gasteiger partial charge >= 0.3 is 0 Å². The minimum atomic E-state index is 0.0275. The van der Waals surface area contributed by atoms with Crippen molar-refractivity contribution in [2.24, 2.45) is 11.3 Å². The Labute approximate surface area is 73.3 Å². The summed E-state index contributed by atoms with van der Waals surface area (Å²) in [6, 6.07) is 0. The minimum Gasteiger partial charge on any atom is -0.396 e. The van der Waals surface area contributed by atoms with Crippen molar-refractivity contribution in [3.05, 3.63) is 11.1 Å². The van der Waals surface area contributed by atoms with Gasteiger partial charge in [0.2, 0.25) is 0 Å². The summed E-state index contributed by atoms with van der Waals surface area (Å²) in [7, 11) is 0. The van der Waals surface area contributed by atoms with Gasteiger partial charge in [0.05, 0.1) is 0 Å². The zero-order chi connectivity index (χ0) is 9.35. The maximum absolute atomic E-state index is 10.5. The molecule has 2 nitrogen and oxygen atoms in total. The second-order valence-electron chi connectivity index (χ2n) is 4.08. The molecule has 0 amide bonds. The van der Waals surface area contributed by atoms with Gasteiger partial charge in [-0.25, -0.2) is 0 Å². The number of carbonyl (C=O) groups excluding carboxylic acids is 1. The Bertz CT molecular complexity index is 226. The monoisotopic (exact) mass is 168 g/mol. The summed E-state index contributed by atoms with van der Waals surface area (Å²) < 4.78 is 0. The molecule has 1 saturated carbocycles. The number of allylic oxidation sites excluding steroid dienone is 2. The van der Waals surface area contributed by atoms with Crippen molar-refractivity contribution in [1.29, 1.82) is 0 Å². The fourth-order valence-corrected chi connectivity index (χ4v) is 1.91. The average Bonchev–Trinajstić information content (AvgIpc) is 2.03. The first kappa shape index (κ1) is 9.46. The van der Waals surface area contributed by atoms with Gasteiger partial charge in [0.25, 0.3) is 0 Å². The summed E-state index contributed by atoms with van der Waals surface area (Å²) in [6.07, 6.45) is 1.79. The Kier molecular flexibility index (Phi) is 2.38. The van der Waals surface area contributed by atoms with Gasteiger partial charge in [0.15, 0.2) is 0 Å². The van der Waals surface area contributed by atoms with E-state index in [1.54, 1.807) is 0 Å². The fourth-order valence-electron chi connectivity index (χ4n) is 1.91. The Morgan fingerprint density at radius 1 is 1.75 bits per heavy atom. The Morgan fingerprint density at radius 3 is 2.67 bits per heavy atom. The number of carbonyl (C=O) groups is 1. The van der Waals surface area contributed by atoms with Gasteiger partial charge in [0, 0.05) is 6.61 Å². The van der Waals surface area contributed by atoms with Crippen LogP contribution in [0.4, 0.5) is 0 Å². The maximum Gasteiger partial charge on any atom is 0.145 e. The third-order valence-corrected chi connectivity index (χ3v) is 3.12. The highest BCUT2D eigenvalue weighted by molar-refractivity contribution is 5.74. The van der Waals surface area contributed by atoms with Crippen LogP contribution in [0.3, 0.4) is 0 Å². The number of aliphatic hydroxyl groups is 1. The van der Waals surface area contributed by atoms with Crippen molar-refractivity contribution in [3.63, 3.8) is 0 Å². The van der Waals surface area contributed by atoms with Gasteiger partial charge in [-0.05, 0) is 30.3 Å². The van der Waals surface area contributed by atoms with E-state index in [9.17, 15) is 4.79 Å². The third kappa shape index (κ3) is 1.20. The van der Waals surface area contributed by atoms with Crippen molar-refractivity contribution in [2.75, 3.05) is 6.61 Å². The Balaban J connectivity index is 2.84. The SMILES string of the molecule is C/C(C=O)=C1/C[C@H](CO)C1(C)C. The first-order chi connectivity index (χ1) is 5.54. The molecule has 1 rings (SSSR count). The average molecular weight is 168 g/mol. The lowest BCUT2D eigenvalue weighted by atomic mass is 9.58. The number of aldehydes is 1. The van der Waals surface area contributed by atoms with Crippen molar-refractivity contribution < 1.29 is 9.90 Å². The third-order valence-electron chi connectivity index (χ3n) is 3.12. The van der Waals surface area contributed by atoms with Gasteiger partial charge in [0.1, 0.15) is 6.29 Å². The van der Waals surface area contributed by atoms with Crippen LogP contribution in [0.25, 0.3) is 0 Å². The van der Waals surface area contributed by atoms with Crippen LogP contribution in [-0.4, -0.2) is 18.0 Å². The second kappa shape index (κ2) is 3.02. The molecule has 0 radical (unpaired) electrons. The summed E-state index contributed by atoms with van der Waals surface area (Å²) >= 11 is 0. The fraction of sp³-hybridized carbons (Fsp3) is 0.700. The van der Waals surface area contributed by atoms with Gasteiger partial charge in [-0.15, -0.1) is 0 Å². The van der Waals surface area contributed by atoms with E-state index in [-0.39, 0.29) is 12.0 Å². The van der Waals surface area contributed by atoms with Gasteiger partial charge in [-0.3, -0.25) is 4.79 Å². The highest BCUT2D eigenvalue weighted by Crippen LogP contribution is 2.51. The lowest BCUT2D eigenvalue weighted by molar-refractivity contribution is -0.105.